The van der Waals surface area contributed by atoms with Crippen molar-refractivity contribution in [1.82, 2.24) is 10.3 Å². The van der Waals surface area contributed by atoms with Crippen molar-refractivity contribution in [2.75, 3.05) is 7.11 Å². The molecule has 0 saturated heterocycles. The molecule has 4 rings (SSSR count). The SMILES string of the molecule is COC(=O)C(Cc1c[nH]c2ccccc12)NC(=O)C1Cc2ccccc2S1. The Morgan fingerprint density at radius 3 is 2.81 bits per heavy atom. The van der Waals surface area contributed by atoms with Gasteiger partial charge in [0.1, 0.15) is 6.04 Å². The van der Waals surface area contributed by atoms with Gasteiger partial charge in [-0.05, 0) is 29.7 Å². The number of hydrogen-bond donors (Lipinski definition) is 2. The molecular weight excluding hydrogens is 360 g/mol. The van der Waals surface area contributed by atoms with Crippen LogP contribution in [0.4, 0.5) is 0 Å². The summed E-state index contributed by atoms with van der Waals surface area (Å²) in [6.45, 7) is 0. The number of aromatic amines is 1. The second-order valence-corrected chi connectivity index (χ2v) is 7.81. The molecule has 2 N–H and O–H groups in total. The molecule has 5 nitrogen and oxygen atoms in total. The third-order valence-corrected chi connectivity index (χ3v) is 6.16. The summed E-state index contributed by atoms with van der Waals surface area (Å²) in [5.74, 6) is -0.569. The molecule has 0 fully saturated rings. The zero-order valence-corrected chi connectivity index (χ0v) is 15.7. The maximum atomic E-state index is 12.8. The number of methoxy groups -OCH3 is 1. The summed E-state index contributed by atoms with van der Waals surface area (Å²) in [5.41, 5.74) is 3.15. The highest BCUT2D eigenvalue weighted by atomic mass is 32.2. The number of esters is 1. The number of rotatable bonds is 5. The Labute approximate surface area is 161 Å². The highest BCUT2D eigenvalue weighted by Crippen LogP contribution is 2.36. The average Bonchev–Trinajstić information content (AvgIpc) is 3.31. The van der Waals surface area contributed by atoms with Crippen molar-refractivity contribution in [3.63, 3.8) is 0 Å². The number of H-pyrrole nitrogens is 1. The Kier molecular flexibility index (Phi) is 4.90. The van der Waals surface area contributed by atoms with Crippen LogP contribution >= 0.6 is 11.8 Å². The number of benzene rings is 2. The van der Waals surface area contributed by atoms with Crippen LogP contribution in [0.15, 0.2) is 59.6 Å². The molecule has 2 heterocycles. The molecule has 27 heavy (non-hydrogen) atoms. The van der Waals surface area contributed by atoms with Crippen LogP contribution in [0.3, 0.4) is 0 Å². The van der Waals surface area contributed by atoms with E-state index in [4.69, 9.17) is 4.74 Å². The minimum Gasteiger partial charge on any atom is -0.467 e. The number of ether oxygens (including phenoxy) is 1. The quantitative estimate of drug-likeness (QED) is 0.668. The number of nitrogens with one attached hydrogen (secondary N) is 2. The molecule has 1 aromatic heterocycles. The zero-order chi connectivity index (χ0) is 18.8. The number of hydrogen-bond acceptors (Lipinski definition) is 4. The number of carbonyl (C=O) groups is 2. The van der Waals surface area contributed by atoms with Gasteiger partial charge in [-0.25, -0.2) is 4.79 Å². The molecular formula is C21H20N2O3S. The fourth-order valence-electron chi connectivity index (χ4n) is 3.45. The lowest BCUT2D eigenvalue weighted by atomic mass is 10.0. The minimum absolute atomic E-state index is 0.133. The van der Waals surface area contributed by atoms with Gasteiger partial charge in [0.05, 0.1) is 12.4 Å². The van der Waals surface area contributed by atoms with Crippen LogP contribution in [0, 0.1) is 0 Å². The van der Waals surface area contributed by atoms with Gasteiger partial charge >= 0.3 is 5.97 Å². The normalized spacial score (nSPS) is 16.7. The number of thioether (sulfide) groups is 1. The van der Waals surface area contributed by atoms with Gasteiger partial charge in [0.25, 0.3) is 0 Å². The molecule has 0 radical (unpaired) electrons. The largest absolute Gasteiger partial charge is 0.467 e. The summed E-state index contributed by atoms with van der Waals surface area (Å²) in [6, 6.07) is 15.2. The van der Waals surface area contributed by atoms with Gasteiger partial charge in [0.15, 0.2) is 0 Å². The number of carbonyl (C=O) groups excluding carboxylic acids is 2. The van der Waals surface area contributed by atoms with E-state index in [0.29, 0.717) is 12.8 Å². The van der Waals surface area contributed by atoms with Crippen LogP contribution in [-0.4, -0.2) is 35.3 Å². The second kappa shape index (κ2) is 7.48. The van der Waals surface area contributed by atoms with E-state index in [1.165, 1.54) is 12.7 Å². The average molecular weight is 380 g/mol. The standard InChI is InChI=1S/C21H20N2O3S/c1-26-21(25)17(10-14-12-22-16-8-4-3-7-15(14)16)23-20(24)19-11-13-6-2-5-9-18(13)27-19/h2-9,12,17,19,22H,10-11H2,1H3,(H,23,24). The van der Waals surface area contributed by atoms with Crippen molar-refractivity contribution in [2.24, 2.45) is 0 Å². The first-order valence-electron chi connectivity index (χ1n) is 8.83. The third kappa shape index (κ3) is 3.57. The molecule has 3 aromatic rings. The Morgan fingerprint density at radius 2 is 2.00 bits per heavy atom. The monoisotopic (exact) mass is 380 g/mol. The Balaban J connectivity index is 1.50. The lowest BCUT2D eigenvalue weighted by Crippen LogP contribution is -2.46. The van der Waals surface area contributed by atoms with Gasteiger partial charge in [-0.15, -0.1) is 11.8 Å². The molecule has 2 atom stereocenters. The van der Waals surface area contributed by atoms with E-state index in [0.717, 1.165) is 21.4 Å². The van der Waals surface area contributed by atoms with Gasteiger partial charge in [-0.3, -0.25) is 4.79 Å². The van der Waals surface area contributed by atoms with Crippen molar-refractivity contribution >= 4 is 34.5 Å². The minimum atomic E-state index is -0.717. The molecule has 0 saturated carbocycles. The highest BCUT2D eigenvalue weighted by Gasteiger charge is 2.31. The smallest absolute Gasteiger partial charge is 0.328 e. The van der Waals surface area contributed by atoms with E-state index in [1.807, 2.05) is 54.7 Å². The summed E-state index contributed by atoms with van der Waals surface area (Å²) in [5, 5.41) is 3.72. The Hall–Kier alpha value is -2.73. The van der Waals surface area contributed by atoms with Crippen LogP contribution in [0.25, 0.3) is 10.9 Å². The molecule has 2 unspecified atom stereocenters. The summed E-state index contributed by atoms with van der Waals surface area (Å²) < 4.78 is 4.93. The summed E-state index contributed by atoms with van der Waals surface area (Å²) in [6.07, 6.45) is 2.94. The molecule has 0 aliphatic carbocycles. The van der Waals surface area contributed by atoms with Crippen LogP contribution in [0.2, 0.25) is 0 Å². The summed E-state index contributed by atoms with van der Waals surface area (Å²) in [4.78, 5) is 29.4. The van der Waals surface area contributed by atoms with Crippen molar-refractivity contribution in [1.29, 1.82) is 0 Å². The predicted molar refractivity (Wildman–Crippen MR) is 106 cm³/mol. The van der Waals surface area contributed by atoms with Crippen molar-refractivity contribution in [3.05, 3.63) is 65.9 Å². The van der Waals surface area contributed by atoms with Crippen LogP contribution in [-0.2, 0) is 27.2 Å². The molecule has 0 bridgehead atoms. The molecule has 6 heteroatoms. The first kappa shape index (κ1) is 17.7. The van der Waals surface area contributed by atoms with Crippen molar-refractivity contribution in [3.8, 4) is 0 Å². The van der Waals surface area contributed by atoms with Crippen LogP contribution < -0.4 is 5.32 Å². The van der Waals surface area contributed by atoms with E-state index in [-0.39, 0.29) is 11.2 Å². The van der Waals surface area contributed by atoms with Gasteiger partial charge in [-0.2, -0.15) is 0 Å². The van der Waals surface area contributed by atoms with Crippen LogP contribution in [0.1, 0.15) is 11.1 Å². The highest BCUT2D eigenvalue weighted by molar-refractivity contribution is 8.01. The van der Waals surface area contributed by atoms with Crippen molar-refractivity contribution in [2.45, 2.75) is 29.0 Å². The topological polar surface area (TPSA) is 71.2 Å². The second-order valence-electron chi connectivity index (χ2n) is 6.57. The first-order valence-corrected chi connectivity index (χ1v) is 9.71. The summed E-state index contributed by atoms with van der Waals surface area (Å²) >= 11 is 1.55. The Morgan fingerprint density at radius 1 is 1.22 bits per heavy atom. The van der Waals surface area contributed by atoms with E-state index in [9.17, 15) is 9.59 Å². The van der Waals surface area contributed by atoms with E-state index >= 15 is 0 Å². The molecule has 1 aliphatic heterocycles. The van der Waals surface area contributed by atoms with Crippen LogP contribution in [0.5, 0.6) is 0 Å². The number of amides is 1. The lowest BCUT2D eigenvalue weighted by Gasteiger charge is -2.18. The fraction of sp³-hybridized carbons (Fsp3) is 0.238. The number of aromatic nitrogens is 1. The summed E-state index contributed by atoms with van der Waals surface area (Å²) in [7, 11) is 1.34. The maximum absolute atomic E-state index is 12.8. The number of fused-ring (bicyclic) bond motifs is 2. The Bertz CT molecular complexity index is 973. The third-order valence-electron chi connectivity index (χ3n) is 4.84. The number of para-hydroxylation sites is 1. The molecule has 0 spiro atoms. The van der Waals surface area contributed by atoms with E-state index < -0.39 is 12.0 Å². The lowest BCUT2D eigenvalue weighted by molar-refractivity contribution is -0.145. The molecule has 1 amide bonds. The van der Waals surface area contributed by atoms with E-state index in [1.54, 1.807) is 11.8 Å². The zero-order valence-electron chi connectivity index (χ0n) is 14.9. The molecule has 1 aliphatic rings. The van der Waals surface area contributed by atoms with Gasteiger partial charge in [-0.1, -0.05) is 36.4 Å². The van der Waals surface area contributed by atoms with Gasteiger partial charge in [0, 0.05) is 28.4 Å². The van der Waals surface area contributed by atoms with Gasteiger partial charge < -0.3 is 15.0 Å². The fourth-order valence-corrected chi connectivity index (χ4v) is 4.65. The van der Waals surface area contributed by atoms with E-state index in [2.05, 4.69) is 10.3 Å². The predicted octanol–water partition coefficient (Wildman–Crippen LogP) is 3.09. The van der Waals surface area contributed by atoms with Gasteiger partial charge in [0.2, 0.25) is 5.91 Å². The van der Waals surface area contributed by atoms with Crippen molar-refractivity contribution < 1.29 is 14.3 Å². The molecule has 138 valence electrons. The maximum Gasteiger partial charge on any atom is 0.328 e. The molecule has 2 aromatic carbocycles. The first-order chi connectivity index (χ1) is 13.2.